The molecule has 1 amide bonds. The lowest BCUT2D eigenvalue weighted by Gasteiger charge is -2.22. The molecule has 1 aliphatic rings. The third kappa shape index (κ3) is 4.35. The number of rotatable bonds is 6. The third-order valence-electron chi connectivity index (χ3n) is 5.22. The Morgan fingerprint density at radius 2 is 2.00 bits per heavy atom. The van der Waals surface area contributed by atoms with Gasteiger partial charge in [0.05, 0.1) is 0 Å². The van der Waals surface area contributed by atoms with Crippen molar-refractivity contribution in [3.05, 3.63) is 53.2 Å². The molecule has 1 fully saturated rings. The molecule has 3 heterocycles. The molecule has 0 bridgehead atoms. The predicted molar refractivity (Wildman–Crippen MR) is 108 cm³/mol. The molecule has 0 radical (unpaired) electrons. The Bertz CT molecular complexity index is 1020. The van der Waals surface area contributed by atoms with Crippen molar-refractivity contribution in [1.82, 2.24) is 20.3 Å². The molecule has 0 unspecified atom stereocenters. The summed E-state index contributed by atoms with van der Waals surface area (Å²) in [7, 11) is 1.73. The van der Waals surface area contributed by atoms with Gasteiger partial charge in [0.2, 0.25) is 0 Å². The van der Waals surface area contributed by atoms with E-state index in [1.54, 1.807) is 29.9 Å². The van der Waals surface area contributed by atoms with Crippen molar-refractivity contribution in [1.29, 1.82) is 0 Å². The van der Waals surface area contributed by atoms with Crippen LogP contribution < -0.4 is 10.6 Å². The highest BCUT2D eigenvalue weighted by molar-refractivity contribution is 5.93. The van der Waals surface area contributed by atoms with E-state index in [9.17, 15) is 9.18 Å². The number of ether oxygens (including phenoxy) is 1. The van der Waals surface area contributed by atoms with Crippen molar-refractivity contribution >= 4 is 11.7 Å². The highest BCUT2D eigenvalue weighted by Crippen LogP contribution is 2.26. The number of hydrogen-bond donors (Lipinski definition) is 2. The van der Waals surface area contributed by atoms with E-state index >= 15 is 0 Å². The Morgan fingerprint density at radius 3 is 2.73 bits per heavy atom. The molecule has 1 saturated heterocycles. The molecule has 8 nitrogen and oxygen atoms in total. The van der Waals surface area contributed by atoms with Crippen molar-refractivity contribution in [2.45, 2.75) is 32.4 Å². The van der Waals surface area contributed by atoms with Gasteiger partial charge < -0.3 is 19.9 Å². The summed E-state index contributed by atoms with van der Waals surface area (Å²) in [5, 5.41) is 14.8. The van der Waals surface area contributed by atoms with Crippen LogP contribution in [0.2, 0.25) is 0 Å². The molecule has 0 spiro atoms. The summed E-state index contributed by atoms with van der Waals surface area (Å²) in [5.74, 6) is 0.771. The first-order valence-electron chi connectivity index (χ1n) is 9.89. The fourth-order valence-electron chi connectivity index (χ4n) is 3.48. The van der Waals surface area contributed by atoms with Crippen molar-refractivity contribution in [3.8, 4) is 11.3 Å². The molecule has 9 heteroatoms. The number of benzene rings is 1. The number of amides is 1. The van der Waals surface area contributed by atoms with E-state index in [1.807, 2.05) is 6.92 Å². The Hall–Kier alpha value is -3.20. The van der Waals surface area contributed by atoms with Crippen LogP contribution in [0.25, 0.3) is 11.3 Å². The SMILES string of the molecule is Cc1onc(-c2ccc(F)cc2)c1CNc1cc(C(=O)NC2CCOCC2)n(C)n1. The van der Waals surface area contributed by atoms with E-state index in [2.05, 4.69) is 20.9 Å². The molecule has 4 rings (SSSR count). The summed E-state index contributed by atoms with van der Waals surface area (Å²) in [6, 6.07) is 7.94. The van der Waals surface area contributed by atoms with Crippen LogP contribution in [0.5, 0.6) is 0 Å². The van der Waals surface area contributed by atoms with Crippen LogP contribution in [-0.4, -0.2) is 40.1 Å². The van der Waals surface area contributed by atoms with Crippen LogP contribution in [0, 0.1) is 12.7 Å². The number of anilines is 1. The zero-order chi connectivity index (χ0) is 21.1. The Kier molecular flexibility index (Phi) is 5.80. The minimum absolute atomic E-state index is 0.121. The monoisotopic (exact) mass is 413 g/mol. The Morgan fingerprint density at radius 1 is 1.27 bits per heavy atom. The molecule has 1 aliphatic heterocycles. The first-order valence-corrected chi connectivity index (χ1v) is 9.89. The summed E-state index contributed by atoms with van der Waals surface area (Å²) in [4.78, 5) is 12.6. The smallest absolute Gasteiger partial charge is 0.269 e. The second kappa shape index (κ2) is 8.66. The van der Waals surface area contributed by atoms with Crippen LogP contribution in [0.3, 0.4) is 0 Å². The number of aromatic nitrogens is 3. The molecule has 30 heavy (non-hydrogen) atoms. The van der Waals surface area contributed by atoms with Gasteiger partial charge >= 0.3 is 0 Å². The molecule has 1 aromatic carbocycles. The normalized spacial score (nSPS) is 14.6. The zero-order valence-corrected chi connectivity index (χ0v) is 16.9. The van der Waals surface area contributed by atoms with E-state index < -0.39 is 0 Å². The standard InChI is InChI=1S/C21H24FN5O3/c1-13-17(20(26-30-13)14-3-5-15(22)6-4-14)12-23-19-11-18(27(2)25-19)21(28)24-16-7-9-29-10-8-16/h3-6,11,16H,7-10,12H2,1-2H3,(H,23,25)(H,24,28). The minimum Gasteiger partial charge on any atom is -0.381 e. The van der Waals surface area contributed by atoms with E-state index in [4.69, 9.17) is 9.26 Å². The van der Waals surface area contributed by atoms with E-state index in [0.29, 0.717) is 42.7 Å². The molecule has 2 aromatic heterocycles. The number of halogens is 1. The van der Waals surface area contributed by atoms with Gasteiger partial charge in [0.25, 0.3) is 5.91 Å². The molecule has 3 aromatic rings. The first-order chi connectivity index (χ1) is 14.5. The van der Waals surface area contributed by atoms with Crippen LogP contribution in [0.1, 0.15) is 34.7 Å². The van der Waals surface area contributed by atoms with Gasteiger partial charge in [-0.3, -0.25) is 9.48 Å². The largest absolute Gasteiger partial charge is 0.381 e. The molecule has 2 N–H and O–H groups in total. The molecule has 158 valence electrons. The first kappa shape index (κ1) is 20.1. The number of nitrogens with zero attached hydrogens (tertiary/aromatic N) is 3. The highest BCUT2D eigenvalue weighted by atomic mass is 19.1. The van der Waals surface area contributed by atoms with Crippen LogP contribution in [0.15, 0.2) is 34.9 Å². The predicted octanol–water partition coefficient (Wildman–Crippen LogP) is 3.04. The molecular formula is C21H24FN5O3. The zero-order valence-electron chi connectivity index (χ0n) is 16.9. The van der Waals surface area contributed by atoms with Gasteiger partial charge in [0, 0.05) is 50.0 Å². The second-order valence-electron chi connectivity index (χ2n) is 7.32. The maximum Gasteiger partial charge on any atom is 0.269 e. The van der Waals surface area contributed by atoms with Gasteiger partial charge in [0.1, 0.15) is 28.8 Å². The van der Waals surface area contributed by atoms with Gasteiger partial charge in [-0.2, -0.15) is 5.10 Å². The molecular weight excluding hydrogens is 389 g/mol. The second-order valence-corrected chi connectivity index (χ2v) is 7.32. The number of hydrogen-bond acceptors (Lipinski definition) is 6. The average molecular weight is 413 g/mol. The summed E-state index contributed by atoms with van der Waals surface area (Å²) in [6.45, 7) is 3.55. The fourth-order valence-corrected chi connectivity index (χ4v) is 3.48. The fraction of sp³-hybridized carbons (Fsp3) is 0.381. The van der Waals surface area contributed by atoms with Gasteiger partial charge in [-0.15, -0.1) is 0 Å². The average Bonchev–Trinajstić information content (AvgIpc) is 3.30. The maximum atomic E-state index is 13.2. The molecule has 0 aliphatic carbocycles. The molecule has 0 saturated carbocycles. The lowest BCUT2D eigenvalue weighted by molar-refractivity contribution is 0.0692. The van der Waals surface area contributed by atoms with Gasteiger partial charge in [-0.25, -0.2) is 4.39 Å². The van der Waals surface area contributed by atoms with Crippen LogP contribution in [-0.2, 0) is 18.3 Å². The summed E-state index contributed by atoms with van der Waals surface area (Å²) < 4.78 is 25.4. The van der Waals surface area contributed by atoms with Gasteiger partial charge in [-0.1, -0.05) is 5.16 Å². The Balaban J connectivity index is 1.45. The highest BCUT2D eigenvalue weighted by Gasteiger charge is 2.20. The van der Waals surface area contributed by atoms with Gasteiger partial charge in [-0.05, 0) is 44.0 Å². The summed E-state index contributed by atoms with van der Waals surface area (Å²) in [5.41, 5.74) is 2.74. The number of carbonyl (C=O) groups is 1. The third-order valence-corrected chi connectivity index (χ3v) is 5.22. The molecule has 0 atom stereocenters. The Labute approximate surface area is 173 Å². The topological polar surface area (TPSA) is 94.2 Å². The summed E-state index contributed by atoms with van der Waals surface area (Å²) >= 11 is 0. The van der Waals surface area contributed by atoms with Crippen LogP contribution >= 0.6 is 0 Å². The summed E-state index contributed by atoms with van der Waals surface area (Å²) in [6.07, 6.45) is 1.63. The number of aryl methyl sites for hydroxylation is 2. The van der Waals surface area contributed by atoms with Crippen molar-refractivity contribution in [3.63, 3.8) is 0 Å². The maximum absolute atomic E-state index is 13.2. The van der Waals surface area contributed by atoms with E-state index in [0.717, 1.165) is 24.0 Å². The van der Waals surface area contributed by atoms with E-state index in [1.165, 1.54) is 12.1 Å². The number of carbonyl (C=O) groups excluding carboxylic acids is 1. The lowest BCUT2D eigenvalue weighted by Crippen LogP contribution is -2.39. The number of nitrogens with one attached hydrogen (secondary N) is 2. The van der Waals surface area contributed by atoms with Crippen molar-refractivity contribution < 1.29 is 18.4 Å². The quantitative estimate of drug-likeness (QED) is 0.645. The minimum atomic E-state index is -0.307. The van der Waals surface area contributed by atoms with Gasteiger partial charge in [0.15, 0.2) is 0 Å². The van der Waals surface area contributed by atoms with Crippen LogP contribution in [0.4, 0.5) is 10.2 Å². The van der Waals surface area contributed by atoms with Crippen molar-refractivity contribution in [2.24, 2.45) is 7.05 Å². The van der Waals surface area contributed by atoms with Crippen molar-refractivity contribution in [2.75, 3.05) is 18.5 Å². The van der Waals surface area contributed by atoms with E-state index in [-0.39, 0.29) is 17.8 Å². The lowest BCUT2D eigenvalue weighted by atomic mass is 10.1.